The zero-order valence-electron chi connectivity index (χ0n) is 9.90. The van der Waals surface area contributed by atoms with E-state index in [-0.39, 0.29) is 12.6 Å². The van der Waals surface area contributed by atoms with Crippen LogP contribution >= 0.6 is 0 Å². The van der Waals surface area contributed by atoms with Gasteiger partial charge in [0.25, 0.3) is 0 Å². The Kier molecular flexibility index (Phi) is 4.04. The molecule has 2 aliphatic rings. The number of carbonyl (C=O) groups is 1. The van der Waals surface area contributed by atoms with Gasteiger partial charge in [0.15, 0.2) is 0 Å². The number of rotatable bonds is 3. The van der Waals surface area contributed by atoms with Crippen molar-refractivity contribution < 1.29 is 9.90 Å². The summed E-state index contributed by atoms with van der Waals surface area (Å²) in [6, 6.07) is 0.542. The Morgan fingerprint density at radius 2 is 1.88 bits per heavy atom. The van der Waals surface area contributed by atoms with E-state index in [0.29, 0.717) is 12.6 Å². The molecule has 2 rings (SSSR count). The van der Waals surface area contributed by atoms with Crippen LogP contribution in [0.3, 0.4) is 0 Å². The number of amides is 2. The molecule has 0 spiro atoms. The molecule has 0 unspecified atom stereocenters. The first kappa shape index (κ1) is 11.7. The molecule has 1 saturated heterocycles. The first-order valence-electron chi connectivity index (χ1n) is 6.49. The molecule has 0 aromatic rings. The molecule has 0 atom stereocenters. The van der Waals surface area contributed by atoms with Crippen LogP contribution in [0.5, 0.6) is 0 Å². The summed E-state index contributed by atoms with van der Waals surface area (Å²) < 4.78 is 0. The highest BCUT2D eigenvalue weighted by Crippen LogP contribution is 2.26. The summed E-state index contributed by atoms with van der Waals surface area (Å²) in [5.41, 5.74) is 0. The number of piperidine rings is 1. The van der Waals surface area contributed by atoms with Crippen LogP contribution in [0.1, 0.15) is 38.5 Å². The number of urea groups is 1. The van der Waals surface area contributed by atoms with Crippen LogP contribution < -0.4 is 0 Å². The molecule has 0 radical (unpaired) electrons. The molecule has 2 fully saturated rings. The van der Waals surface area contributed by atoms with E-state index in [1.165, 1.54) is 12.8 Å². The second kappa shape index (κ2) is 5.53. The van der Waals surface area contributed by atoms with Crippen LogP contribution in [-0.2, 0) is 0 Å². The van der Waals surface area contributed by atoms with Crippen molar-refractivity contribution in [2.75, 3.05) is 26.2 Å². The largest absolute Gasteiger partial charge is 0.395 e. The third-order valence-electron chi connectivity index (χ3n) is 3.73. The summed E-state index contributed by atoms with van der Waals surface area (Å²) in [4.78, 5) is 16.1. The molecule has 1 saturated carbocycles. The van der Waals surface area contributed by atoms with Gasteiger partial charge in [0, 0.05) is 25.7 Å². The number of aliphatic hydroxyl groups is 1. The lowest BCUT2D eigenvalue weighted by Gasteiger charge is -2.41. The molecular weight excluding hydrogens is 204 g/mol. The van der Waals surface area contributed by atoms with Gasteiger partial charge in [-0.1, -0.05) is 0 Å². The van der Waals surface area contributed by atoms with Crippen molar-refractivity contribution in [2.24, 2.45) is 0 Å². The molecule has 92 valence electrons. The van der Waals surface area contributed by atoms with Crippen LogP contribution in [0.2, 0.25) is 0 Å². The van der Waals surface area contributed by atoms with Crippen molar-refractivity contribution in [3.63, 3.8) is 0 Å². The summed E-state index contributed by atoms with van der Waals surface area (Å²) in [5, 5.41) is 9.04. The topological polar surface area (TPSA) is 43.8 Å². The standard InChI is InChI=1S/C12H22N2O2/c15-10-9-14(11-5-4-6-11)12(16)13-7-2-1-3-8-13/h11,15H,1-10H2. The van der Waals surface area contributed by atoms with Crippen LogP contribution in [0.4, 0.5) is 4.79 Å². The number of hydrogen-bond donors (Lipinski definition) is 1. The van der Waals surface area contributed by atoms with Gasteiger partial charge in [0.2, 0.25) is 0 Å². The van der Waals surface area contributed by atoms with E-state index in [1.807, 2.05) is 9.80 Å². The predicted molar refractivity (Wildman–Crippen MR) is 62.3 cm³/mol. The Balaban J connectivity index is 1.92. The summed E-state index contributed by atoms with van der Waals surface area (Å²) >= 11 is 0. The number of nitrogens with zero attached hydrogens (tertiary/aromatic N) is 2. The molecule has 0 bridgehead atoms. The Morgan fingerprint density at radius 1 is 1.19 bits per heavy atom. The number of likely N-dealkylation sites (tertiary alicyclic amines) is 1. The zero-order chi connectivity index (χ0) is 11.4. The lowest BCUT2D eigenvalue weighted by Crippen LogP contribution is -2.52. The van der Waals surface area contributed by atoms with Crippen molar-refractivity contribution >= 4 is 6.03 Å². The van der Waals surface area contributed by atoms with Gasteiger partial charge >= 0.3 is 6.03 Å². The highest BCUT2D eigenvalue weighted by atomic mass is 16.3. The van der Waals surface area contributed by atoms with Gasteiger partial charge in [0.1, 0.15) is 0 Å². The fourth-order valence-electron chi connectivity index (χ4n) is 2.51. The number of carbonyl (C=O) groups excluding carboxylic acids is 1. The minimum absolute atomic E-state index is 0.0794. The number of aliphatic hydroxyl groups excluding tert-OH is 1. The second-order valence-electron chi connectivity index (χ2n) is 4.83. The molecule has 1 heterocycles. The molecule has 0 aromatic heterocycles. The van der Waals surface area contributed by atoms with Gasteiger partial charge in [0.05, 0.1) is 6.61 Å². The normalized spacial score (nSPS) is 21.7. The number of hydrogen-bond acceptors (Lipinski definition) is 2. The van der Waals surface area contributed by atoms with Gasteiger partial charge < -0.3 is 14.9 Å². The van der Waals surface area contributed by atoms with Crippen molar-refractivity contribution in [1.29, 1.82) is 0 Å². The molecule has 4 heteroatoms. The van der Waals surface area contributed by atoms with Gasteiger partial charge in [-0.3, -0.25) is 0 Å². The average molecular weight is 226 g/mol. The van der Waals surface area contributed by atoms with Gasteiger partial charge in [-0.2, -0.15) is 0 Å². The van der Waals surface area contributed by atoms with Crippen molar-refractivity contribution in [1.82, 2.24) is 9.80 Å². The zero-order valence-corrected chi connectivity index (χ0v) is 9.90. The van der Waals surface area contributed by atoms with Crippen molar-refractivity contribution in [2.45, 2.75) is 44.6 Å². The summed E-state index contributed by atoms with van der Waals surface area (Å²) in [5.74, 6) is 0. The van der Waals surface area contributed by atoms with Gasteiger partial charge in [-0.05, 0) is 38.5 Å². The summed E-state index contributed by atoms with van der Waals surface area (Å²) in [7, 11) is 0. The molecule has 1 aliphatic heterocycles. The fraction of sp³-hybridized carbons (Fsp3) is 0.917. The molecule has 2 amide bonds. The smallest absolute Gasteiger partial charge is 0.320 e. The highest BCUT2D eigenvalue weighted by molar-refractivity contribution is 5.75. The maximum absolute atomic E-state index is 12.3. The Hall–Kier alpha value is -0.770. The maximum atomic E-state index is 12.3. The monoisotopic (exact) mass is 226 g/mol. The van der Waals surface area contributed by atoms with Crippen LogP contribution in [0.25, 0.3) is 0 Å². The maximum Gasteiger partial charge on any atom is 0.320 e. The van der Waals surface area contributed by atoms with Crippen molar-refractivity contribution in [3.8, 4) is 0 Å². The van der Waals surface area contributed by atoms with E-state index < -0.39 is 0 Å². The summed E-state index contributed by atoms with van der Waals surface area (Å²) in [6.45, 7) is 2.37. The lowest BCUT2D eigenvalue weighted by atomic mass is 9.91. The van der Waals surface area contributed by atoms with E-state index >= 15 is 0 Å². The predicted octanol–water partition coefficient (Wildman–Crippen LogP) is 1.44. The minimum atomic E-state index is 0.0794. The highest BCUT2D eigenvalue weighted by Gasteiger charge is 2.31. The first-order valence-corrected chi connectivity index (χ1v) is 6.49. The lowest BCUT2D eigenvalue weighted by molar-refractivity contribution is 0.0871. The van der Waals surface area contributed by atoms with E-state index in [1.54, 1.807) is 0 Å². The molecule has 1 aliphatic carbocycles. The van der Waals surface area contributed by atoms with Crippen LogP contribution in [0, 0.1) is 0 Å². The van der Waals surface area contributed by atoms with E-state index in [2.05, 4.69) is 0 Å². The quantitative estimate of drug-likeness (QED) is 0.791. The van der Waals surface area contributed by atoms with Crippen LogP contribution in [0.15, 0.2) is 0 Å². The van der Waals surface area contributed by atoms with Gasteiger partial charge in [-0.25, -0.2) is 4.79 Å². The Labute approximate surface area is 97.2 Å². The third kappa shape index (κ3) is 2.48. The SMILES string of the molecule is O=C(N1CCCCC1)N(CCO)C1CCC1. The van der Waals surface area contributed by atoms with Crippen molar-refractivity contribution in [3.05, 3.63) is 0 Å². The molecule has 16 heavy (non-hydrogen) atoms. The average Bonchev–Trinajstić information content (AvgIpc) is 2.26. The van der Waals surface area contributed by atoms with Crippen LogP contribution in [-0.4, -0.2) is 53.2 Å². The molecule has 1 N–H and O–H groups in total. The van der Waals surface area contributed by atoms with E-state index in [0.717, 1.165) is 38.8 Å². The minimum Gasteiger partial charge on any atom is -0.395 e. The molecule has 0 aromatic carbocycles. The summed E-state index contributed by atoms with van der Waals surface area (Å²) in [6.07, 6.45) is 6.94. The Bertz CT molecular complexity index is 235. The Morgan fingerprint density at radius 3 is 2.38 bits per heavy atom. The molecular formula is C12H22N2O2. The third-order valence-corrected chi connectivity index (χ3v) is 3.73. The second-order valence-corrected chi connectivity index (χ2v) is 4.83. The van der Waals surface area contributed by atoms with E-state index in [9.17, 15) is 4.79 Å². The van der Waals surface area contributed by atoms with Gasteiger partial charge in [-0.15, -0.1) is 0 Å². The first-order chi connectivity index (χ1) is 7.83. The van der Waals surface area contributed by atoms with E-state index in [4.69, 9.17) is 5.11 Å². The fourth-order valence-corrected chi connectivity index (χ4v) is 2.51. The molecule has 4 nitrogen and oxygen atoms in total.